The molecule has 3 N–H and O–H groups in total. The summed E-state index contributed by atoms with van der Waals surface area (Å²) in [5.41, 5.74) is 0. The molecule has 0 aliphatic carbocycles. The van der Waals surface area contributed by atoms with Crippen LogP contribution in [0.3, 0.4) is 0 Å². The van der Waals surface area contributed by atoms with Crippen molar-refractivity contribution in [3.05, 3.63) is 176 Å². The number of hydrogen-bond acceptors (Lipinski definition) is 3. The predicted molar refractivity (Wildman–Crippen MR) is 169 cm³/mol. The zero-order chi connectivity index (χ0) is 28.0. The first-order valence-corrected chi connectivity index (χ1v) is 14.7. The van der Waals surface area contributed by atoms with Crippen LogP contribution in [-0.4, -0.2) is 15.3 Å². The first-order chi connectivity index (χ1) is 19.6. The van der Waals surface area contributed by atoms with Crippen molar-refractivity contribution in [2.45, 2.75) is 0 Å². The van der Waals surface area contributed by atoms with Crippen LogP contribution in [0.2, 0.25) is 0 Å². The highest BCUT2D eigenvalue weighted by Gasteiger charge is 2.49. The van der Waals surface area contributed by atoms with Crippen molar-refractivity contribution in [1.29, 1.82) is 0 Å². The van der Waals surface area contributed by atoms with Gasteiger partial charge in [-0.3, -0.25) is 0 Å². The minimum absolute atomic E-state index is 0.322. The molecule has 3 nitrogen and oxygen atoms in total. The van der Waals surface area contributed by atoms with Gasteiger partial charge in [-0.25, -0.2) is 0 Å². The molecule has 0 radical (unpaired) electrons. The largest absolute Gasteiger partial charge is 0.508 e. The van der Waals surface area contributed by atoms with Gasteiger partial charge in [0.25, 0.3) is 0 Å². The van der Waals surface area contributed by atoms with Crippen molar-refractivity contribution >= 4 is 28.5 Å². The van der Waals surface area contributed by atoms with E-state index < -0.39 is 7.26 Å². The zero-order valence-electron chi connectivity index (χ0n) is 22.0. The van der Waals surface area contributed by atoms with Gasteiger partial charge < -0.3 is 15.3 Å². The molecular weight excluding hydrogens is 511 g/mol. The third-order valence-electron chi connectivity index (χ3n) is 6.19. The highest BCUT2D eigenvalue weighted by atomic mass is 31.2. The molecule has 0 amide bonds. The van der Waals surface area contributed by atoms with Crippen LogP contribution in [0.25, 0.3) is 0 Å². The van der Waals surface area contributed by atoms with E-state index in [1.54, 1.807) is 54.6 Å². The van der Waals surface area contributed by atoms with E-state index in [9.17, 15) is 5.11 Å². The highest BCUT2D eigenvalue weighted by Crippen LogP contribution is 2.55. The van der Waals surface area contributed by atoms with Gasteiger partial charge in [-0.05, 0) is 72.8 Å². The lowest BCUT2D eigenvalue weighted by molar-refractivity contribution is 0.475. The summed E-state index contributed by atoms with van der Waals surface area (Å²) in [7, 11) is -2.19. The summed E-state index contributed by atoms with van der Waals surface area (Å²) < 4.78 is 0. The lowest BCUT2D eigenvalue weighted by Crippen LogP contribution is -2.38. The lowest BCUT2D eigenvalue weighted by atomic mass is 10.3. The maximum absolute atomic E-state index is 10.9. The minimum atomic E-state index is -2.19. The number of aromatic hydroxyl groups is 3. The number of hydrogen-bond donors (Lipinski definition) is 3. The maximum atomic E-state index is 10.9. The Hall–Kier alpha value is -4.85. The Morgan fingerprint density at radius 1 is 0.300 bits per heavy atom. The Bertz CT molecular complexity index is 1410. The van der Waals surface area contributed by atoms with E-state index in [2.05, 4.69) is 78.9 Å². The summed E-state index contributed by atoms with van der Waals surface area (Å²) in [6, 6.07) is 56.9. The molecule has 0 atom stereocenters. The number of benzene rings is 6. The molecule has 6 aromatic carbocycles. The van der Waals surface area contributed by atoms with Crippen molar-refractivity contribution in [2.75, 3.05) is 0 Å². The Kier molecular flexibility index (Phi) is 10.1. The molecule has 0 aromatic heterocycles. The Labute approximate surface area is 236 Å². The van der Waals surface area contributed by atoms with Gasteiger partial charge in [-0.2, -0.15) is 0 Å². The van der Waals surface area contributed by atoms with E-state index in [1.807, 2.05) is 42.5 Å². The van der Waals surface area contributed by atoms with Crippen molar-refractivity contribution < 1.29 is 15.3 Å². The van der Waals surface area contributed by atoms with Crippen molar-refractivity contribution in [3.8, 4) is 17.2 Å². The Morgan fingerprint density at radius 2 is 0.575 bits per heavy atom. The number of para-hydroxylation sites is 3. The number of phenolic OH excluding ortho intramolecular Hbond substituents is 3. The molecule has 40 heavy (non-hydrogen) atoms. The van der Waals surface area contributed by atoms with Gasteiger partial charge in [-0.15, -0.1) is 0 Å². The van der Waals surface area contributed by atoms with Crippen LogP contribution in [0.4, 0.5) is 0 Å². The molecule has 0 fully saturated rings. The first-order valence-electron chi connectivity index (χ1n) is 12.9. The third-order valence-corrected chi connectivity index (χ3v) is 10.5. The summed E-state index contributed by atoms with van der Waals surface area (Å²) >= 11 is 0. The molecule has 0 aliphatic rings. The van der Waals surface area contributed by atoms with Gasteiger partial charge >= 0.3 is 0 Å². The second kappa shape index (κ2) is 14.3. The van der Waals surface area contributed by atoms with Gasteiger partial charge in [0.1, 0.15) is 34.7 Å². The van der Waals surface area contributed by atoms with E-state index >= 15 is 0 Å². The van der Waals surface area contributed by atoms with Crippen molar-refractivity contribution in [2.24, 2.45) is 0 Å². The molecular formula is C36H32O3P+. The molecule has 0 saturated carbocycles. The van der Waals surface area contributed by atoms with Crippen LogP contribution in [0.5, 0.6) is 17.2 Å². The fourth-order valence-corrected chi connectivity index (χ4v) is 8.74. The lowest BCUT2D eigenvalue weighted by Gasteiger charge is -2.27. The normalized spacial score (nSPS) is 10.3. The van der Waals surface area contributed by atoms with E-state index in [0.717, 1.165) is 5.30 Å². The number of rotatable bonds is 4. The summed E-state index contributed by atoms with van der Waals surface area (Å²) in [5.74, 6) is 0.988. The van der Waals surface area contributed by atoms with Gasteiger partial charge in [0, 0.05) is 0 Å². The van der Waals surface area contributed by atoms with Gasteiger partial charge in [0.05, 0.1) is 0 Å². The first kappa shape index (κ1) is 28.2. The van der Waals surface area contributed by atoms with Gasteiger partial charge in [0.15, 0.2) is 11.1 Å². The summed E-state index contributed by atoms with van der Waals surface area (Å²) in [6.07, 6.45) is 0. The van der Waals surface area contributed by atoms with Crippen LogP contribution >= 0.6 is 7.26 Å². The molecule has 0 unspecified atom stereocenters. The molecule has 0 heterocycles. The fraction of sp³-hybridized carbons (Fsp3) is 0. The Morgan fingerprint density at radius 3 is 0.850 bits per heavy atom. The standard InChI is InChI=1S/C24H19OP.2C6H6O/c25-23-18-10-11-19-24(23)26(20-12-4-1-5-13-20,21-14-6-2-7-15-21)22-16-8-3-9-17-22;2*7-6-4-2-1-3-5-6/h1-19H;2*1-5,7H/p+1. The minimum Gasteiger partial charge on any atom is -0.508 e. The number of phenols is 3. The summed E-state index contributed by atoms with van der Waals surface area (Å²) in [4.78, 5) is 0. The second-order valence-electron chi connectivity index (χ2n) is 8.84. The molecule has 0 spiro atoms. The van der Waals surface area contributed by atoms with Crippen LogP contribution in [-0.2, 0) is 0 Å². The topological polar surface area (TPSA) is 60.7 Å². The highest BCUT2D eigenvalue weighted by molar-refractivity contribution is 8.01. The fourth-order valence-electron chi connectivity index (χ4n) is 4.42. The van der Waals surface area contributed by atoms with Crippen molar-refractivity contribution in [3.63, 3.8) is 0 Å². The monoisotopic (exact) mass is 543 g/mol. The average molecular weight is 544 g/mol. The Balaban J connectivity index is 0.000000215. The molecule has 0 bridgehead atoms. The van der Waals surface area contributed by atoms with Crippen LogP contribution in [0.1, 0.15) is 0 Å². The molecule has 4 heteroatoms. The van der Waals surface area contributed by atoms with Crippen LogP contribution in [0.15, 0.2) is 176 Å². The smallest absolute Gasteiger partial charge is 0.159 e. The molecule has 0 saturated heterocycles. The quantitative estimate of drug-likeness (QED) is 0.215. The molecule has 6 aromatic rings. The second-order valence-corrected chi connectivity index (χ2v) is 12.2. The van der Waals surface area contributed by atoms with Gasteiger partial charge in [0.2, 0.25) is 0 Å². The van der Waals surface area contributed by atoms with E-state index in [1.165, 1.54) is 15.9 Å². The average Bonchev–Trinajstić information content (AvgIpc) is 3.02. The third kappa shape index (κ3) is 6.96. The molecule has 0 aliphatic heterocycles. The summed E-state index contributed by atoms with van der Waals surface area (Å²) in [6.45, 7) is 0. The van der Waals surface area contributed by atoms with Crippen molar-refractivity contribution in [1.82, 2.24) is 0 Å². The maximum Gasteiger partial charge on any atom is 0.159 e. The summed E-state index contributed by atoms with van der Waals surface area (Å²) in [5, 5.41) is 32.8. The molecule has 6 rings (SSSR count). The van der Waals surface area contributed by atoms with E-state index in [0.29, 0.717) is 17.2 Å². The van der Waals surface area contributed by atoms with Crippen LogP contribution in [0, 0.1) is 0 Å². The van der Waals surface area contributed by atoms with Gasteiger partial charge in [-0.1, -0.05) is 103 Å². The zero-order valence-corrected chi connectivity index (χ0v) is 22.9. The SMILES string of the molecule is Oc1ccccc1.Oc1ccccc1.Oc1ccccc1[P+](c1ccccc1)(c1ccccc1)c1ccccc1. The van der Waals surface area contributed by atoms with E-state index in [-0.39, 0.29) is 0 Å². The predicted octanol–water partition coefficient (Wildman–Crippen LogP) is 6.80. The van der Waals surface area contributed by atoms with E-state index in [4.69, 9.17) is 10.2 Å². The molecule has 198 valence electrons. The van der Waals surface area contributed by atoms with Crippen LogP contribution < -0.4 is 21.2 Å².